The molecule has 0 saturated carbocycles. The van der Waals surface area contributed by atoms with Gasteiger partial charge < -0.3 is 13.9 Å². The number of furan rings is 1. The van der Waals surface area contributed by atoms with Crippen molar-refractivity contribution in [3.05, 3.63) is 95.7 Å². The Morgan fingerprint density at radius 3 is 2.34 bits per heavy atom. The molecule has 0 aliphatic heterocycles. The second-order valence-electron chi connectivity index (χ2n) is 6.36. The van der Waals surface area contributed by atoms with E-state index >= 15 is 0 Å². The van der Waals surface area contributed by atoms with Crippen LogP contribution in [0, 0.1) is 0 Å². The van der Waals surface area contributed by atoms with Crippen LogP contribution in [0.15, 0.2) is 83.3 Å². The lowest BCUT2D eigenvalue weighted by molar-refractivity contribution is 0.0909. The highest BCUT2D eigenvalue weighted by molar-refractivity contribution is 6.12. The van der Waals surface area contributed by atoms with Gasteiger partial charge in [-0.15, -0.1) is 0 Å². The van der Waals surface area contributed by atoms with Crippen LogP contribution in [0.1, 0.15) is 26.5 Å². The largest absolute Gasteiger partial charge is 0.496 e. The summed E-state index contributed by atoms with van der Waals surface area (Å²) in [5.74, 6) is 0.244. The number of methoxy groups -OCH3 is 1. The van der Waals surface area contributed by atoms with Crippen LogP contribution in [-0.4, -0.2) is 25.3 Å². The third-order valence-corrected chi connectivity index (χ3v) is 4.55. The average molecular weight is 386 g/mol. The number of rotatable bonds is 7. The molecule has 0 amide bonds. The average Bonchev–Trinajstić information content (AvgIpc) is 3.16. The van der Waals surface area contributed by atoms with E-state index in [-0.39, 0.29) is 29.7 Å². The highest BCUT2D eigenvalue weighted by atomic mass is 16.5. The molecule has 0 saturated heterocycles. The summed E-state index contributed by atoms with van der Waals surface area (Å²) in [6, 6.07) is 22.9. The van der Waals surface area contributed by atoms with Gasteiger partial charge >= 0.3 is 0 Å². The Balaban J connectivity index is 1.68. The van der Waals surface area contributed by atoms with Crippen LogP contribution < -0.4 is 9.47 Å². The predicted molar refractivity (Wildman–Crippen MR) is 109 cm³/mol. The van der Waals surface area contributed by atoms with Gasteiger partial charge in [-0.05, 0) is 24.3 Å². The van der Waals surface area contributed by atoms with Crippen LogP contribution in [0.5, 0.6) is 11.5 Å². The van der Waals surface area contributed by atoms with Gasteiger partial charge in [0.1, 0.15) is 11.3 Å². The maximum absolute atomic E-state index is 13.0. The molecule has 29 heavy (non-hydrogen) atoms. The van der Waals surface area contributed by atoms with E-state index in [1.54, 1.807) is 60.7 Å². The molecule has 0 aliphatic rings. The van der Waals surface area contributed by atoms with Gasteiger partial charge in [0.05, 0.1) is 18.1 Å². The molecule has 5 nitrogen and oxygen atoms in total. The number of benzene rings is 3. The zero-order valence-corrected chi connectivity index (χ0v) is 15.8. The molecule has 0 N–H and O–H groups in total. The number of Topliss-reactive ketones (excluding diaryl/α,β-unsaturated/α-hetero) is 1. The standard InChI is InChI=1S/C24H18O5/c1-27-20-13-7-5-11-17(20)19(25)15-28-23-18-12-6-8-14-21(18)29-24(23)22(26)16-9-3-2-4-10-16/h2-14H,15H2,1H3. The van der Waals surface area contributed by atoms with Crippen molar-refractivity contribution in [1.82, 2.24) is 0 Å². The van der Waals surface area contributed by atoms with E-state index in [0.717, 1.165) is 0 Å². The van der Waals surface area contributed by atoms with Crippen LogP contribution in [-0.2, 0) is 0 Å². The second-order valence-corrected chi connectivity index (χ2v) is 6.36. The van der Waals surface area contributed by atoms with Crippen molar-refractivity contribution in [3.8, 4) is 11.5 Å². The first kappa shape index (κ1) is 18.5. The molecular formula is C24H18O5. The van der Waals surface area contributed by atoms with Crippen molar-refractivity contribution >= 4 is 22.5 Å². The molecule has 0 bridgehead atoms. The summed E-state index contributed by atoms with van der Waals surface area (Å²) in [5, 5.41) is 0.639. The van der Waals surface area contributed by atoms with Gasteiger partial charge in [-0.25, -0.2) is 0 Å². The molecule has 0 radical (unpaired) electrons. The lowest BCUT2D eigenvalue weighted by Crippen LogP contribution is -2.14. The van der Waals surface area contributed by atoms with E-state index in [2.05, 4.69) is 0 Å². The molecule has 5 heteroatoms. The quantitative estimate of drug-likeness (QED) is 0.421. The minimum absolute atomic E-state index is 0.0743. The van der Waals surface area contributed by atoms with Crippen LogP contribution in [0.25, 0.3) is 11.0 Å². The Labute approximate surface area is 167 Å². The number of para-hydroxylation sites is 2. The lowest BCUT2D eigenvalue weighted by atomic mass is 10.1. The molecular weight excluding hydrogens is 368 g/mol. The highest BCUT2D eigenvalue weighted by Crippen LogP contribution is 2.34. The Hall–Kier alpha value is -3.86. The SMILES string of the molecule is COc1ccccc1C(=O)COc1c(C(=O)c2ccccc2)oc2ccccc12. The lowest BCUT2D eigenvalue weighted by Gasteiger charge is -2.09. The zero-order valence-electron chi connectivity index (χ0n) is 15.8. The van der Waals surface area contributed by atoms with E-state index in [0.29, 0.717) is 27.8 Å². The van der Waals surface area contributed by atoms with Crippen LogP contribution in [0.2, 0.25) is 0 Å². The Bertz CT molecular complexity index is 1170. The molecule has 1 aromatic heterocycles. The summed E-state index contributed by atoms with van der Waals surface area (Å²) in [4.78, 5) is 25.7. The van der Waals surface area contributed by atoms with Crippen molar-refractivity contribution in [3.63, 3.8) is 0 Å². The summed E-state index contributed by atoms with van der Waals surface area (Å²) in [5.41, 5.74) is 1.41. The molecule has 144 valence electrons. The van der Waals surface area contributed by atoms with Crippen LogP contribution in [0.4, 0.5) is 0 Å². The minimum Gasteiger partial charge on any atom is -0.496 e. The molecule has 0 atom stereocenters. The second kappa shape index (κ2) is 8.02. The first-order chi connectivity index (χ1) is 14.2. The topological polar surface area (TPSA) is 65.7 Å². The Kier molecular flexibility index (Phi) is 5.12. The third kappa shape index (κ3) is 3.62. The normalized spacial score (nSPS) is 10.7. The van der Waals surface area contributed by atoms with Gasteiger partial charge in [0.15, 0.2) is 12.4 Å². The first-order valence-electron chi connectivity index (χ1n) is 9.09. The molecule has 0 spiro atoms. The fourth-order valence-corrected chi connectivity index (χ4v) is 3.13. The maximum atomic E-state index is 13.0. The highest BCUT2D eigenvalue weighted by Gasteiger charge is 2.24. The van der Waals surface area contributed by atoms with Gasteiger partial charge in [0, 0.05) is 5.56 Å². The van der Waals surface area contributed by atoms with E-state index in [1.165, 1.54) is 7.11 Å². The Morgan fingerprint density at radius 2 is 1.55 bits per heavy atom. The molecule has 4 aromatic rings. The van der Waals surface area contributed by atoms with Crippen LogP contribution in [0.3, 0.4) is 0 Å². The number of ether oxygens (including phenoxy) is 2. The molecule has 1 heterocycles. The molecule has 4 rings (SSSR count). The maximum Gasteiger partial charge on any atom is 0.232 e. The summed E-state index contributed by atoms with van der Waals surface area (Å²) in [6.07, 6.45) is 0. The summed E-state index contributed by atoms with van der Waals surface area (Å²) < 4.78 is 16.9. The smallest absolute Gasteiger partial charge is 0.232 e. The Morgan fingerprint density at radius 1 is 0.862 bits per heavy atom. The third-order valence-electron chi connectivity index (χ3n) is 4.55. The van der Waals surface area contributed by atoms with E-state index in [1.807, 2.05) is 18.2 Å². The number of ketones is 2. The van der Waals surface area contributed by atoms with Gasteiger partial charge in [0.25, 0.3) is 0 Å². The zero-order chi connectivity index (χ0) is 20.2. The number of carbonyl (C=O) groups is 2. The van der Waals surface area contributed by atoms with Crippen molar-refractivity contribution < 1.29 is 23.5 Å². The van der Waals surface area contributed by atoms with Gasteiger partial charge in [-0.3, -0.25) is 9.59 Å². The van der Waals surface area contributed by atoms with Gasteiger partial charge in [0.2, 0.25) is 17.3 Å². The van der Waals surface area contributed by atoms with Gasteiger partial charge in [-0.2, -0.15) is 0 Å². The van der Waals surface area contributed by atoms with E-state index < -0.39 is 0 Å². The molecule has 0 aliphatic carbocycles. The number of hydrogen-bond acceptors (Lipinski definition) is 5. The summed E-state index contributed by atoms with van der Waals surface area (Å²) >= 11 is 0. The number of hydrogen-bond donors (Lipinski definition) is 0. The van der Waals surface area contributed by atoms with E-state index in [4.69, 9.17) is 13.9 Å². The first-order valence-corrected chi connectivity index (χ1v) is 9.09. The molecule has 3 aromatic carbocycles. The summed E-state index contributed by atoms with van der Waals surface area (Å²) in [7, 11) is 1.51. The number of carbonyl (C=O) groups excluding carboxylic acids is 2. The molecule has 0 unspecified atom stereocenters. The van der Waals surface area contributed by atoms with Crippen molar-refractivity contribution in [2.75, 3.05) is 13.7 Å². The fourth-order valence-electron chi connectivity index (χ4n) is 3.13. The predicted octanol–water partition coefficient (Wildman–Crippen LogP) is 4.93. The minimum atomic E-state index is -0.304. The number of fused-ring (bicyclic) bond motifs is 1. The van der Waals surface area contributed by atoms with Crippen molar-refractivity contribution in [2.24, 2.45) is 0 Å². The van der Waals surface area contributed by atoms with E-state index in [9.17, 15) is 9.59 Å². The molecule has 0 fully saturated rings. The monoisotopic (exact) mass is 386 g/mol. The van der Waals surface area contributed by atoms with Crippen LogP contribution >= 0.6 is 0 Å². The van der Waals surface area contributed by atoms with Crippen molar-refractivity contribution in [1.29, 1.82) is 0 Å². The van der Waals surface area contributed by atoms with Gasteiger partial charge in [-0.1, -0.05) is 54.6 Å². The summed E-state index contributed by atoms with van der Waals surface area (Å²) in [6.45, 7) is -0.251. The van der Waals surface area contributed by atoms with Crippen molar-refractivity contribution in [2.45, 2.75) is 0 Å². The fraction of sp³-hybridized carbons (Fsp3) is 0.0833.